The van der Waals surface area contributed by atoms with Gasteiger partial charge in [0, 0.05) is 74.2 Å². The maximum atomic E-state index is 14.3. The van der Waals surface area contributed by atoms with E-state index in [-0.39, 0.29) is 46.6 Å². The summed E-state index contributed by atoms with van der Waals surface area (Å²) in [5.41, 5.74) is 5.42. The maximum absolute atomic E-state index is 14.3. The van der Waals surface area contributed by atoms with Gasteiger partial charge < -0.3 is 24.7 Å². The van der Waals surface area contributed by atoms with Crippen LogP contribution in [0.2, 0.25) is 5.02 Å². The number of amides is 1. The first-order chi connectivity index (χ1) is 31.6. The van der Waals surface area contributed by atoms with Crippen molar-refractivity contribution in [2.45, 2.75) is 57.1 Å². The predicted octanol–water partition coefficient (Wildman–Crippen LogP) is 6.89. The lowest BCUT2D eigenvalue weighted by Crippen LogP contribution is -2.50. The van der Waals surface area contributed by atoms with E-state index in [1.165, 1.54) is 33.5 Å². The largest absolute Gasteiger partial charge is 0.377 e. The summed E-state index contributed by atoms with van der Waals surface area (Å²) in [5, 5.41) is 16.6. The van der Waals surface area contributed by atoms with Gasteiger partial charge in [0.05, 0.1) is 52.5 Å². The lowest BCUT2D eigenvalue weighted by atomic mass is 9.71. The predicted molar refractivity (Wildman–Crippen MR) is 254 cm³/mol. The van der Waals surface area contributed by atoms with Gasteiger partial charge in [-0.1, -0.05) is 37.6 Å². The van der Waals surface area contributed by atoms with Gasteiger partial charge in [0.1, 0.15) is 11.3 Å². The minimum absolute atomic E-state index is 0.0550. The van der Waals surface area contributed by atoms with Crippen LogP contribution in [0.3, 0.4) is 0 Å². The maximum Gasteiger partial charge on any atom is 0.293 e. The molecule has 2 saturated heterocycles. The van der Waals surface area contributed by atoms with Crippen molar-refractivity contribution in [2.24, 2.45) is 12.5 Å². The van der Waals surface area contributed by atoms with Crippen molar-refractivity contribution < 1.29 is 27.6 Å². The van der Waals surface area contributed by atoms with E-state index in [0.717, 1.165) is 49.5 Å². The number of ether oxygens (including phenoxy) is 2. The topological polar surface area (TPSA) is 199 Å². The first-order valence-corrected chi connectivity index (χ1v) is 23.9. The molecule has 0 radical (unpaired) electrons. The average molecular weight is 939 g/mol. The molecule has 19 heteroatoms. The fourth-order valence-electron chi connectivity index (χ4n) is 9.46. The van der Waals surface area contributed by atoms with E-state index >= 15 is 0 Å². The van der Waals surface area contributed by atoms with E-state index in [0.29, 0.717) is 49.1 Å². The molecule has 1 aliphatic carbocycles. The molecular formula is C47H52ClN9O8S. The zero-order chi connectivity index (χ0) is 46.5. The number of halogens is 1. The van der Waals surface area contributed by atoms with Crippen molar-refractivity contribution in [1.82, 2.24) is 29.0 Å². The molecule has 0 bridgehead atoms. The number of allylic oxidation sites excluding steroid dienone is 1. The highest BCUT2D eigenvalue weighted by Crippen LogP contribution is 2.45. The van der Waals surface area contributed by atoms with Gasteiger partial charge in [0.15, 0.2) is 5.52 Å². The molecule has 0 spiro atoms. The second-order valence-corrected chi connectivity index (χ2v) is 20.1. The molecule has 3 N–H and O–H groups in total. The van der Waals surface area contributed by atoms with Crippen molar-refractivity contribution in [1.29, 1.82) is 0 Å². The van der Waals surface area contributed by atoms with Crippen LogP contribution < -0.4 is 20.5 Å². The van der Waals surface area contributed by atoms with E-state index in [9.17, 15) is 28.1 Å². The smallest absolute Gasteiger partial charge is 0.293 e. The van der Waals surface area contributed by atoms with Gasteiger partial charge in [0.25, 0.3) is 27.2 Å². The van der Waals surface area contributed by atoms with Gasteiger partial charge in [-0.3, -0.25) is 24.6 Å². The number of aromatic nitrogens is 4. The molecule has 2 atom stereocenters. The summed E-state index contributed by atoms with van der Waals surface area (Å²) in [6, 6.07) is 20.4. The number of hydrogen-bond acceptors (Lipinski definition) is 12. The third-order valence-electron chi connectivity index (χ3n) is 13.1. The molecule has 5 heterocycles. The minimum Gasteiger partial charge on any atom is -0.377 e. The van der Waals surface area contributed by atoms with E-state index in [2.05, 4.69) is 62.7 Å². The lowest BCUT2D eigenvalue weighted by Gasteiger charge is -2.43. The van der Waals surface area contributed by atoms with Crippen LogP contribution in [0, 0.1) is 15.5 Å². The average Bonchev–Trinajstić information content (AvgIpc) is 3.87. The van der Waals surface area contributed by atoms with Crippen LogP contribution in [-0.2, 0) is 26.5 Å². The Morgan fingerprint density at radius 2 is 1.82 bits per heavy atom. The Bertz CT molecular complexity index is 3060. The van der Waals surface area contributed by atoms with E-state index in [1.54, 1.807) is 42.2 Å². The molecule has 1 unspecified atom stereocenters. The minimum atomic E-state index is -4.66. The van der Waals surface area contributed by atoms with E-state index in [4.69, 9.17) is 21.1 Å². The van der Waals surface area contributed by atoms with Crippen LogP contribution in [-0.4, -0.2) is 108 Å². The third kappa shape index (κ3) is 8.95. The zero-order valence-corrected chi connectivity index (χ0v) is 38.7. The van der Waals surface area contributed by atoms with Crippen LogP contribution in [0.5, 0.6) is 0 Å². The Morgan fingerprint density at radius 1 is 1.05 bits per heavy atom. The quantitative estimate of drug-likeness (QED) is 0.0850. The standard InChI is InChI=1S/C47H52ClN9O8S/c1-29(36-13-15-47(2,3)26-38(36)30-5-7-32(48)8-6-30)54-17-19-55(20-18-54)33-9-11-37(40(24-33)56-42-23-31-14-16-49-44(31)51-43(42)46(59)53(56)4)45(58)52-66(62,63)35-10-12-39(41(25-35)57(60)61)50-27-34-28-64-21-22-65-34/h5-12,14,16,23-25,29,34,50H,13,15,17-22,26-28H2,1-4H3,(H,49,51)(H,52,58)/t29?,34-/m0/s1. The van der Waals surface area contributed by atoms with Gasteiger partial charge in [-0.05, 0) is 103 Å². The summed E-state index contributed by atoms with van der Waals surface area (Å²) in [6.45, 7) is 11.2. The van der Waals surface area contributed by atoms with Crippen LogP contribution >= 0.6 is 11.6 Å². The number of piperazine rings is 1. The molecular weight excluding hydrogens is 886 g/mol. The molecule has 3 aromatic carbocycles. The SMILES string of the molecule is CC(C1=C(c2ccc(Cl)cc2)CC(C)(C)CC1)N1CCN(c2ccc(C(=O)NS(=O)(=O)c3ccc(NC[C@H]4COCCO4)c([N+](=O)[O-])c3)c(-n3c4cc5cc[nH]c5nc4c(=O)n3C)c2)CC1. The number of H-pyrrole nitrogens is 1. The summed E-state index contributed by atoms with van der Waals surface area (Å²) in [5.74, 6) is -1.00. The number of nitrogens with one attached hydrogen (secondary N) is 3. The lowest BCUT2D eigenvalue weighted by molar-refractivity contribution is -0.384. The fourth-order valence-corrected chi connectivity index (χ4v) is 10.6. The zero-order valence-electron chi connectivity index (χ0n) is 37.2. The molecule has 6 aromatic rings. The van der Waals surface area contributed by atoms with Gasteiger partial charge in [0.2, 0.25) is 0 Å². The highest BCUT2D eigenvalue weighted by Gasteiger charge is 2.34. The first-order valence-electron chi connectivity index (χ1n) is 22.0. The van der Waals surface area contributed by atoms with Crippen molar-refractivity contribution in [2.75, 3.05) is 62.8 Å². The van der Waals surface area contributed by atoms with Crippen LogP contribution in [0.1, 0.15) is 56.0 Å². The molecule has 17 nitrogen and oxygen atoms in total. The van der Waals surface area contributed by atoms with Crippen molar-refractivity contribution in [3.8, 4) is 5.69 Å². The number of benzene rings is 3. The Labute approximate surface area is 386 Å². The van der Waals surface area contributed by atoms with Gasteiger partial charge in [-0.15, -0.1) is 0 Å². The molecule has 346 valence electrons. The number of rotatable bonds is 12. The summed E-state index contributed by atoms with van der Waals surface area (Å²) in [6.07, 6.45) is 4.47. The van der Waals surface area contributed by atoms with E-state index < -0.39 is 37.0 Å². The Balaban J connectivity index is 1.02. The molecule has 3 aromatic heterocycles. The number of hydrogen-bond donors (Lipinski definition) is 3. The monoisotopic (exact) mass is 937 g/mol. The second-order valence-electron chi connectivity index (χ2n) is 18.0. The highest BCUT2D eigenvalue weighted by atomic mass is 35.5. The van der Waals surface area contributed by atoms with Crippen molar-refractivity contribution in [3.05, 3.63) is 121 Å². The molecule has 3 aliphatic rings. The second kappa shape index (κ2) is 18.0. The van der Waals surface area contributed by atoms with Gasteiger partial charge in [-0.2, -0.15) is 0 Å². The number of anilines is 2. The number of fused-ring (bicyclic) bond motifs is 2. The molecule has 2 aliphatic heterocycles. The molecule has 0 saturated carbocycles. The van der Waals surface area contributed by atoms with Crippen LogP contribution in [0.4, 0.5) is 17.1 Å². The number of nitro groups is 1. The Hall–Kier alpha value is -6.05. The number of nitrogens with zero attached hydrogens (tertiary/aromatic N) is 6. The number of carbonyl (C=O) groups excluding carboxylic acids is 1. The summed E-state index contributed by atoms with van der Waals surface area (Å²) < 4.78 is 43.9. The first kappa shape index (κ1) is 45.1. The Kier molecular flexibility index (Phi) is 12.3. The van der Waals surface area contributed by atoms with Crippen molar-refractivity contribution >= 4 is 72.2 Å². The molecule has 66 heavy (non-hydrogen) atoms. The molecule has 9 rings (SSSR count). The fraction of sp³-hybridized carbons (Fsp3) is 0.383. The normalized spacial score (nSPS) is 18.7. The third-order valence-corrected chi connectivity index (χ3v) is 14.7. The summed E-state index contributed by atoms with van der Waals surface area (Å²) >= 11 is 6.28. The number of pyridine rings is 1. The highest BCUT2D eigenvalue weighted by molar-refractivity contribution is 7.90. The Morgan fingerprint density at radius 3 is 2.55 bits per heavy atom. The number of aromatic amines is 1. The van der Waals surface area contributed by atoms with Crippen LogP contribution in [0.25, 0.3) is 33.3 Å². The van der Waals surface area contributed by atoms with E-state index in [1.807, 2.05) is 18.2 Å². The molecule has 1 amide bonds. The van der Waals surface area contributed by atoms with Gasteiger partial charge >= 0.3 is 0 Å². The molecule has 2 fully saturated rings. The van der Waals surface area contributed by atoms with Crippen molar-refractivity contribution in [3.63, 3.8) is 0 Å². The van der Waals surface area contributed by atoms with Crippen LogP contribution in [0.15, 0.2) is 94.3 Å². The summed E-state index contributed by atoms with van der Waals surface area (Å²) in [7, 11) is -3.10. The number of nitro benzene ring substituents is 1. The number of carbonyl (C=O) groups is 1. The van der Waals surface area contributed by atoms with Gasteiger partial charge in [-0.25, -0.2) is 27.5 Å². The summed E-state index contributed by atoms with van der Waals surface area (Å²) in [4.78, 5) is 51.5. The number of sulfonamides is 1.